The zero-order chi connectivity index (χ0) is 17.3. The Labute approximate surface area is 139 Å². The number of carboxylic acid groups (broad SMARTS) is 1. The predicted octanol–water partition coefficient (Wildman–Crippen LogP) is 1.12. The molecule has 1 aromatic rings. The Morgan fingerprint density at radius 2 is 2.04 bits per heavy atom. The summed E-state index contributed by atoms with van der Waals surface area (Å²) in [6.45, 7) is 1.90. The molecule has 7 heteroatoms. The maximum Gasteiger partial charge on any atom is 0.308 e. The van der Waals surface area contributed by atoms with Crippen LogP contribution in [0.4, 0.5) is 5.69 Å². The standard InChI is InChI=1S/C17H20N2O5/c1-11-6-7-12(17(22)23)8-18(11)15(20)9-19-13-4-2-3-5-14(13)24-10-16(19)21/h2-5,11-12H,6-10H2,1H3,(H,22,23). The van der Waals surface area contributed by atoms with Crippen LogP contribution in [0, 0.1) is 5.92 Å². The summed E-state index contributed by atoms with van der Waals surface area (Å²) in [6.07, 6.45) is 1.22. The fraction of sp³-hybridized carbons (Fsp3) is 0.471. The van der Waals surface area contributed by atoms with Crippen LogP contribution in [0.5, 0.6) is 5.75 Å². The number of carboxylic acids is 1. The molecule has 0 aromatic heterocycles. The molecule has 3 rings (SSSR count). The number of ether oxygens (including phenoxy) is 1. The summed E-state index contributed by atoms with van der Waals surface area (Å²) in [4.78, 5) is 39.1. The second kappa shape index (κ2) is 6.51. The summed E-state index contributed by atoms with van der Waals surface area (Å²) >= 11 is 0. The summed E-state index contributed by atoms with van der Waals surface area (Å²) < 4.78 is 5.37. The zero-order valence-electron chi connectivity index (χ0n) is 13.5. The summed E-state index contributed by atoms with van der Waals surface area (Å²) in [5, 5.41) is 9.20. The Balaban J connectivity index is 1.76. The monoisotopic (exact) mass is 332 g/mol. The normalized spacial score (nSPS) is 23.5. The van der Waals surface area contributed by atoms with Gasteiger partial charge >= 0.3 is 5.97 Å². The van der Waals surface area contributed by atoms with E-state index >= 15 is 0 Å². The van der Waals surface area contributed by atoms with E-state index < -0.39 is 11.9 Å². The van der Waals surface area contributed by atoms with Gasteiger partial charge in [-0.1, -0.05) is 12.1 Å². The van der Waals surface area contributed by atoms with Gasteiger partial charge in [-0.05, 0) is 31.9 Å². The van der Waals surface area contributed by atoms with Gasteiger partial charge in [-0.25, -0.2) is 0 Å². The summed E-state index contributed by atoms with van der Waals surface area (Å²) in [5.41, 5.74) is 0.571. The maximum absolute atomic E-state index is 12.7. The minimum Gasteiger partial charge on any atom is -0.482 e. The quantitative estimate of drug-likeness (QED) is 0.896. The van der Waals surface area contributed by atoms with Crippen molar-refractivity contribution in [3.8, 4) is 5.75 Å². The number of carbonyl (C=O) groups is 3. The Morgan fingerprint density at radius 1 is 1.29 bits per heavy atom. The van der Waals surface area contributed by atoms with E-state index in [1.54, 1.807) is 29.2 Å². The first kappa shape index (κ1) is 16.3. The number of anilines is 1. The van der Waals surface area contributed by atoms with Gasteiger partial charge in [-0.2, -0.15) is 0 Å². The number of hydrogen-bond acceptors (Lipinski definition) is 4. The summed E-state index contributed by atoms with van der Waals surface area (Å²) in [7, 11) is 0. The molecule has 0 saturated carbocycles. The molecule has 24 heavy (non-hydrogen) atoms. The van der Waals surface area contributed by atoms with Crippen molar-refractivity contribution < 1.29 is 24.2 Å². The molecule has 1 aromatic carbocycles. The van der Waals surface area contributed by atoms with Gasteiger partial charge in [0, 0.05) is 12.6 Å². The third-order valence-electron chi connectivity index (χ3n) is 4.65. The van der Waals surface area contributed by atoms with Gasteiger partial charge < -0.3 is 14.7 Å². The lowest BCUT2D eigenvalue weighted by molar-refractivity contribution is -0.147. The second-order valence-corrected chi connectivity index (χ2v) is 6.24. The van der Waals surface area contributed by atoms with Gasteiger partial charge in [0.1, 0.15) is 12.3 Å². The number of para-hydroxylation sites is 2. The van der Waals surface area contributed by atoms with Crippen molar-refractivity contribution in [1.82, 2.24) is 4.90 Å². The molecule has 0 aliphatic carbocycles. The van der Waals surface area contributed by atoms with E-state index in [0.29, 0.717) is 24.3 Å². The SMILES string of the molecule is CC1CCC(C(=O)O)CN1C(=O)CN1C(=O)COc2ccccc21. The number of piperidine rings is 1. The molecule has 128 valence electrons. The molecule has 1 N–H and O–H groups in total. The Hall–Kier alpha value is -2.57. The van der Waals surface area contributed by atoms with Crippen LogP contribution in [0.15, 0.2) is 24.3 Å². The third kappa shape index (κ3) is 3.06. The molecule has 2 aliphatic heterocycles. The lowest BCUT2D eigenvalue weighted by Gasteiger charge is -2.38. The number of nitrogens with zero attached hydrogens (tertiary/aromatic N) is 2. The third-order valence-corrected chi connectivity index (χ3v) is 4.65. The van der Waals surface area contributed by atoms with E-state index in [-0.39, 0.29) is 37.6 Å². The molecule has 7 nitrogen and oxygen atoms in total. The first-order chi connectivity index (χ1) is 11.5. The highest BCUT2D eigenvalue weighted by atomic mass is 16.5. The summed E-state index contributed by atoms with van der Waals surface area (Å²) in [5.74, 6) is -1.37. The highest BCUT2D eigenvalue weighted by Crippen LogP contribution is 2.31. The van der Waals surface area contributed by atoms with Crippen LogP contribution < -0.4 is 9.64 Å². The van der Waals surface area contributed by atoms with Crippen molar-refractivity contribution in [2.45, 2.75) is 25.8 Å². The smallest absolute Gasteiger partial charge is 0.308 e. The van der Waals surface area contributed by atoms with Crippen molar-refractivity contribution in [2.75, 3.05) is 24.6 Å². The largest absolute Gasteiger partial charge is 0.482 e. The second-order valence-electron chi connectivity index (χ2n) is 6.24. The van der Waals surface area contributed by atoms with E-state index in [0.717, 1.165) is 0 Å². The molecular weight excluding hydrogens is 312 g/mol. The Kier molecular flexibility index (Phi) is 4.42. The van der Waals surface area contributed by atoms with Crippen molar-refractivity contribution in [3.05, 3.63) is 24.3 Å². The molecule has 2 unspecified atom stereocenters. The van der Waals surface area contributed by atoms with Crippen LogP contribution in [-0.4, -0.2) is 53.5 Å². The minimum atomic E-state index is -0.882. The van der Waals surface area contributed by atoms with E-state index in [4.69, 9.17) is 4.74 Å². The minimum absolute atomic E-state index is 0.0283. The highest BCUT2D eigenvalue weighted by Gasteiger charge is 2.35. The number of likely N-dealkylation sites (tertiary alicyclic amines) is 1. The molecule has 1 fully saturated rings. The number of benzene rings is 1. The van der Waals surface area contributed by atoms with E-state index in [1.807, 2.05) is 6.92 Å². The number of fused-ring (bicyclic) bond motifs is 1. The number of amides is 2. The van der Waals surface area contributed by atoms with Gasteiger partial charge in [0.25, 0.3) is 5.91 Å². The first-order valence-corrected chi connectivity index (χ1v) is 8.02. The van der Waals surface area contributed by atoms with Gasteiger partial charge in [0.2, 0.25) is 5.91 Å². The fourth-order valence-electron chi connectivity index (χ4n) is 3.21. The molecule has 0 spiro atoms. The van der Waals surface area contributed by atoms with Gasteiger partial charge in [-0.15, -0.1) is 0 Å². The predicted molar refractivity (Wildman–Crippen MR) is 85.8 cm³/mol. The van der Waals surface area contributed by atoms with Crippen molar-refractivity contribution in [3.63, 3.8) is 0 Å². The van der Waals surface area contributed by atoms with Gasteiger partial charge in [0.05, 0.1) is 11.6 Å². The van der Waals surface area contributed by atoms with E-state index in [9.17, 15) is 19.5 Å². The average molecular weight is 332 g/mol. The zero-order valence-corrected chi connectivity index (χ0v) is 13.5. The van der Waals surface area contributed by atoms with Crippen molar-refractivity contribution >= 4 is 23.5 Å². The number of rotatable bonds is 3. The van der Waals surface area contributed by atoms with Crippen LogP contribution in [-0.2, 0) is 14.4 Å². The molecule has 2 aliphatic rings. The van der Waals surface area contributed by atoms with E-state index in [2.05, 4.69) is 0 Å². The fourth-order valence-corrected chi connectivity index (χ4v) is 3.21. The summed E-state index contributed by atoms with van der Waals surface area (Å²) in [6, 6.07) is 7.04. The van der Waals surface area contributed by atoms with Crippen LogP contribution >= 0.6 is 0 Å². The molecule has 2 atom stereocenters. The Bertz CT molecular complexity index is 675. The average Bonchev–Trinajstić information content (AvgIpc) is 2.57. The van der Waals surface area contributed by atoms with Gasteiger partial charge in [0.15, 0.2) is 6.61 Å². The molecular formula is C17H20N2O5. The number of carbonyl (C=O) groups excluding carboxylic acids is 2. The molecule has 2 heterocycles. The number of aliphatic carboxylic acids is 1. The Morgan fingerprint density at radius 3 is 2.79 bits per heavy atom. The van der Waals surface area contributed by atoms with Crippen LogP contribution in [0.3, 0.4) is 0 Å². The van der Waals surface area contributed by atoms with Crippen molar-refractivity contribution in [2.24, 2.45) is 5.92 Å². The topological polar surface area (TPSA) is 87.2 Å². The van der Waals surface area contributed by atoms with Gasteiger partial charge in [-0.3, -0.25) is 19.3 Å². The number of hydrogen-bond donors (Lipinski definition) is 1. The van der Waals surface area contributed by atoms with Crippen molar-refractivity contribution in [1.29, 1.82) is 0 Å². The maximum atomic E-state index is 12.7. The van der Waals surface area contributed by atoms with Crippen LogP contribution in [0.2, 0.25) is 0 Å². The van der Waals surface area contributed by atoms with E-state index in [1.165, 1.54) is 4.90 Å². The lowest BCUT2D eigenvalue weighted by Crippen LogP contribution is -2.52. The van der Waals surface area contributed by atoms with Crippen LogP contribution in [0.25, 0.3) is 0 Å². The first-order valence-electron chi connectivity index (χ1n) is 8.02. The van der Waals surface area contributed by atoms with Crippen LogP contribution in [0.1, 0.15) is 19.8 Å². The molecule has 0 bridgehead atoms. The molecule has 1 saturated heterocycles. The lowest BCUT2D eigenvalue weighted by atomic mass is 9.93. The highest BCUT2D eigenvalue weighted by molar-refractivity contribution is 6.02. The molecule has 0 radical (unpaired) electrons. The molecule has 2 amide bonds.